The fourth-order valence-electron chi connectivity index (χ4n) is 2.83. The van der Waals surface area contributed by atoms with E-state index in [2.05, 4.69) is 5.32 Å². The topological polar surface area (TPSA) is 55.4 Å². The lowest BCUT2D eigenvalue weighted by Gasteiger charge is -2.14. The van der Waals surface area contributed by atoms with Crippen molar-refractivity contribution in [2.45, 2.75) is 45.6 Å². The van der Waals surface area contributed by atoms with Crippen molar-refractivity contribution in [2.24, 2.45) is 0 Å². The second kappa shape index (κ2) is 7.58. The van der Waals surface area contributed by atoms with Gasteiger partial charge in [0.05, 0.1) is 0 Å². The Hall–Kier alpha value is -1.85. The summed E-state index contributed by atoms with van der Waals surface area (Å²) in [5, 5.41) is 3.30. The van der Waals surface area contributed by atoms with E-state index < -0.39 is 12.1 Å². The summed E-state index contributed by atoms with van der Waals surface area (Å²) in [5.74, 6) is -0.815. The Balaban J connectivity index is 1.63. The molecule has 1 aliphatic carbocycles. The smallest absolute Gasteiger partial charge is 0.349 e. The van der Waals surface area contributed by atoms with Gasteiger partial charge in [-0.25, -0.2) is 4.79 Å². The van der Waals surface area contributed by atoms with Crippen molar-refractivity contribution in [3.05, 3.63) is 50.2 Å². The molecule has 0 saturated heterocycles. The number of anilines is 1. The van der Waals surface area contributed by atoms with Gasteiger partial charge in [-0.15, -0.1) is 11.3 Å². The number of thiophene rings is 1. The van der Waals surface area contributed by atoms with E-state index in [0.29, 0.717) is 15.6 Å². The number of rotatable bonds is 4. The Bertz CT molecular complexity index is 791. The third-order valence-electron chi connectivity index (χ3n) is 4.31. The van der Waals surface area contributed by atoms with Crippen molar-refractivity contribution >= 4 is 40.5 Å². The van der Waals surface area contributed by atoms with Crippen LogP contribution in [0.1, 0.15) is 45.4 Å². The van der Waals surface area contributed by atoms with Gasteiger partial charge >= 0.3 is 5.97 Å². The van der Waals surface area contributed by atoms with E-state index in [4.69, 9.17) is 16.3 Å². The van der Waals surface area contributed by atoms with Crippen LogP contribution >= 0.6 is 22.9 Å². The molecule has 1 N–H and O–H groups in total. The molecule has 132 valence electrons. The number of ether oxygens (including phenoxy) is 1. The molecule has 0 radical (unpaired) electrons. The van der Waals surface area contributed by atoms with E-state index in [1.54, 1.807) is 19.1 Å². The fourth-order valence-corrected chi connectivity index (χ4v) is 4.14. The predicted molar refractivity (Wildman–Crippen MR) is 101 cm³/mol. The summed E-state index contributed by atoms with van der Waals surface area (Å²) in [4.78, 5) is 26.5. The molecule has 0 fully saturated rings. The summed E-state index contributed by atoms with van der Waals surface area (Å²) >= 11 is 7.44. The van der Waals surface area contributed by atoms with Crippen LogP contribution in [0.25, 0.3) is 0 Å². The van der Waals surface area contributed by atoms with Crippen LogP contribution in [0.2, 0.25) is 5.02 Å². The van der Waals surface area contributed by atoms with E-state index in [0.717, 1.165) is 24.8 Å². The van der Waals surface area contributed by atoms with Crippen LogP contribution in [0.15, 0.2) is 24.3 Å². The number of fused-ring (bicyclic) bond motifs is 1. The summed E-state index contributed by atoms with van der Waals surface area (Å²) in [6, 6.07) is 7.17. The molecule has 2 aromatic rings. The molecule has 1 amide bonds. The number of halogens is 1. The number of carbonyl (C=O) groups excluding carboxylic acids is 2. The van der Waals surface area contributed by atoms with Crippen molar-refractivity contribution in [1.29, 1.82) is 0 Å². The van der Waals surface area contributed by atoms with Gasteiger partial charge in [0, 0.05) is 15.6 Å². The normalized spacial score (nSPS) is 14.5. The van der Waals surface area contributed by atoms with Crippen molar-refractivity contribution in [1.82, 2.24) is 0 Å². The lowest BCUT2D eigenvalue weighted by molar-refractivity contribution is -0.123. The van der Waals surface area contributed by atoms with E-state index >= 15 is 0 Å². The highest BCUT2D eigenvalue weighted by molar-refractivity contribution is 7.14. The Kier molecular flexibility index (Phi) is 5.45. The van der Waals surface area contributed by atoms with Crippen LogP contribution in [0.4, 0.5) is 5.69 Å². The van der Waals surface area contributed by atoms with Crippen LogP contribution in [0, 0.1) is 6.92 Å². The van der Waals surface area contributed by atoms with Crippen LogP contribution in [0.3, 0.4) is 0 Å². The maximum absolute atomic E-state index is 12.3. The van der Waals surface area contributed by atoms with Gasteiger partial charge in [0.1, 0.15) is 4.88 Å². The lowest BCUT2D eigenvalue weighted by Crippen LogP contribution is -2.30. The molecule has 1 unspecified atom stereocenters. The molecule has 0 saturated carbocycles. The first-order valence-electron chi connectivity index (χ1n) is 8.33. The number of nitrogens with one attached hydrogen (secondary N) is 1. The number of aryl methyl sites for hydroxylation is 3. The monoisotopic (exact) mass is 377 g/mol. The van der Waals surface area contributed by atoms with Crippen molar-refractivity contribution < 1.29 is 14.3 Å². The van der Waals surface area contributed by atoms with Crippen LogP contribution in [-0.4, -0.2) is 18.0 Å². The molecule has 0 spiro atoms. The van der Waals surface area contributed by atoms with Crippen LogP contribution in [0.5, 0.6) is 0 Å². The highest BCUT2D eigenvalue weighted by atomic mass is 35.5. The molecule has 3 rings (SSSR count). The number of carbonyl (C=O) groups is 2. The van der Waals surface area contributed by atoms with E-state index in [-0.39, 0.29) is 5.91 Å². The van der Waals surface area contributed by atoms with Crippen molar-refractivity contribution in [3.8, 4) is 0 Å². The molecule has 1 heterocycles. The Morgan fingerprint density at radius 3 is 2.76 bits per heavy atom. The predicted octanol–water partition coefficient (Wildman–Crippen LogP) is 4.77. The van der Waals surface area contributed by atoms with Gasteiger partial charge in [0.15, 0.2) is 6.10 Å². The second-order valence-electron chi connectivity index (χ2n) is 6.26. The van der Waals surface area contributed by atoms with Crippen molar-refractivity contribution in [3.63, 3.8) is 0 Å². The molecule has 0 bridgehead atoms. The quantitative estimate of drug-likeness (QED) is 0.780. The first-order valence-corrected chi connectivity index (χ1v) is 9.53. The Labute approximate surface area is 156 Å². The Morgan fingerprint density at radius 2 is 2.00 bits per heavy atom. The van der Waals surface area contributed by atoms with Crippen LogP contribution < -0.4 is 5.32 Å². The van der Waals surface area contributed by atoms with Gasteiger partial charge in [-0.2, -0.15) is 0 Å². The summed E-state index contributed by atoms with van der Waals surface area (Å²) in [6.07, 6.45) is 3.49. The maximum Gasteiger partial charge on any atom is 0.349 e. The molecule has 25 heavy (non-hydrogen) atoms. The maximum atomic E-state index is 12.3. The van der Waals surface area contributed by atoms with Gasteiger partial charge in [0.25, 0.3) is 5.91 Å². The number of benzene rings is 1. The highest BCUT2D eigenvalue weighted by Crippen LogP contribution is 2.30. The average molecular weight is 378 g/mol. The summed E-state index contributed by atoms with van der Waals surface area (Å²) in [6.45, 7) is 3.44. The zero-order valence-corrected chi connectivity index (χ0v) is 15.8. The summed E-state index contributed by atoms with van der Waals surface area (Å²) in [5.41, 5.74) is 2.75. The second-order valence-corrected chi connectivity index (χ2v) is 7.84. The lowest BCUT2D eigenvalue weighted by atomic mass is 9.99. The van der Waals surface area contributed by atoms with Crippen molar-refractivity contribution in [2.75, 3.05) is 5.32 Å². The molecular weight excluding hydrogens is 358 g/mol. The van der Waals surface area contributed by atoms with E-state index in [1.165, 1.54) is 28.2 Å². The zero-order chi connectivity index (χ0) is 18.0. The number of hydrogen-bond donors (Lipinski definition) is 1. The molecule has 1 aromatic carbocycles. The number of hydrogen-bond acceptors (Lipinski definition) is 4. The van der Waals surface area contributed by atoms with Gasteiger partial charge in [-0.3, -0.25) is 4.79 Å². The third kappa shape index (κ3) is 4.22. The third-order valence-corrected chi connectivity index (χ3v) is 5.76. The zero-order valence-electron chi connectivity index (χ0n) is 14.2. The van der Waals surface area contributed by atoms with Crippen LogP contribution in [-0.2, 0) is 22.4 Å². The minimum atomic E-state index is -0.884. The summed E-state index contributed by atoms with van der Waals surface area (Å²) in [7, 11) is 0. The first-order chi connectivity index (χ1) is 11.9. The number of esters is 1. The van der Waals surface area contributed by atoms with Gasteiger partial charge in [-0.1, -0.05) is 17.7 Å². The average Bonchev–Trinajstić information content (AvgIpc) is 3.02. The molecule has 1 aromatic heterocycles. The van der Waals surface area contributed by atoms with Gasteiger partial charge < -0.3 is 10.1 Å². The molecule has 6 heteroatoms. The SMILES string of the molecule is Cc1ccc(Cl)cc1NC(=O)C(C)OC(=O)c1cc2c(s1)CCCC2. The molecule has 1 aliphatic rings. The Morgan fingerprint density at radius 1 is 1.24 bits per heavy atom. The van der Waals surface area contributed by atoms with E-state index in [1.807, 2.05) is 19.1 Å². The van der Waals surface area contributed by atoms with E-state index in [9.17, 15) is 9.59 Å². The molecule has 1 atom stereocenters. The fraction of sp³-hybridized carbons (Fsp3) is 0.368. The first kappa shape index (κ1) is 18.0. The highest BCUT2D eigenvalue weighted by Gasteiger charge is 2.23. The standard InChI is InChI=1S/C19H20ClNO3S/c1-11-7-8-14(20)10-15(11)21-18(22)12(2)24-19(23)17-9-13-5-3-4-6-16(13)25-17/h7-10,12H,3-6H2,1-2H3,(H,21,22). The minimum absolute atomic E-state index is 0.375. The summed E-state index contributed by atoms with van der Waals surface area (Å²) < 4.78 is 5.34. The molecule has 4 nitrogen and oxygen atoms in total. The van der Waals surface area contributed by atoms with Gasteiger partial charge in [0.2, 0.25) is 0 Å². The minimum Gasteiger partial charge on any atom is -0.448 e. The number of amides is 1. The molecule has 0 aliphatic heterocycles. The molecular formula is C19H20ClNO3S. The van der Waals surface area contributed by atoms with Gasteiger partial charge in [-0.05, 0) is 68.9 Å². The largest absolute Gasteiger partial charge is 0.448 e.